The maximum atomic E-state index is 12.2. The number of hydrogen-bond acceptors (Lipinski definition) is 2. The Labute approximate surface area is 116 Å². The summed E-state index contributed by atoms with van der Waals surface area (Å²) in [5, 5.41) is 0. The number of ketones is 2. The predicted octanol–water partition coefficient (Wildman–Crippen LogP) is 3.93. The molecule has 0 bridgehead atoms. The molecule has 1 unspecified atom stereocenters. The molecule has 19 heavy (non-hydrogen) atoms. The lowest BCUT2D eigenvalue weighted by molar-refractivity contribution is -0.127. The van der Waals surface area contributed by atoms with Crippen LogP contribution in [0.3, 0.4) is 0 Å². The molecule has 1 aromatic carbocycles. The van der Waals surface area contributed by atoms with Crippen LogP contribution < -0.4 is 0 Å². The third-order valence-corrected chi connectivity index (χ3v) is 3.56. The molecule has 0 aliphatic heterocycles. The molecule has 0 radical (unpaired) electrons. The fourth-order valence-corrected chi connectivity index (χ4v) is 2.22. The molecule has 0 fully saturated rings. The number of benzene rings is 1. The summed E-state index contributed by atoms with van der Waals surface area (Å²) >= 11 is 0. The SMILES string of the molecule is CC(=O)c1ccc(CC(C(=O)C(C)C)C(C)C)cc1. The van der Waals surface area contributed by atoms with Crippen LogP contribution in [0.5, 0.6) is 0 Å². The molecule has 0 aliphatic carbocycles. The maximum absolute atomic E-state index is 12.2. The van der Waals surface area contributed by atoms with Crippen LogP contribution in [-0.2, 0) is 11.2 Å². The highest BCUT2D eigenvalue weighted by molar-refractivity contribution is 5.94. The molecular weight excluding hydrogens is 236 g/mol. The van der Waals surface area contributed by atoms with E-state index in [0.29, 0.717) is 11.7 Å². The Morgan fingerprint density at radius 3 is 1.89 bits per heavy atom. The van der Waals surface area contributed by atoms with E-state index in [1.54, 1.807) is 6.92 Å². The van der Waals surface area contributed by atoms with Crippen LogP contribution in [0.25, 0.3) is 0 Å². The predicted molar refractivity (Wildman–Crippen MR) is 78.3 cm³/mol. The van der Waals surface area contributed by atoms with E-state index >= 15 is 0 Å². The second kappa shape index (κ2) is 6.65. The standard InChI is InChI=1S/C17H24O2/c1-11(2)16(17(19)12(3)4)10-14-6-8-15(9-7-14)13(5)18/h6-9,11-12,16H,10H2,1-5H3. The summed E-state index contributed by atoms with van der Waals surface area (Å²) in [6, 6.07) is 7.60. The fourth-order valence-electron chi connectivity index (χ4n) is 2.22. The molecule has 0 aliphatic rings. The first-order valence-electron chi connectivity index (χ1n) is 6.96. The summed E-state index contributed by atoms with van der Waals surface area (Å²) in [5.74, 6) is 0.866. The molecule has 0 heterocycles. The van der Waals surface area contributed by atoms with Crippen molar-refractivity contribution in [1.82, 2.24) is 0 Å². The van der Waals surface area contributed by atoms with E-state index in [9.17, 15) is 9.59 Å². The first-order valence-corrected chi connectivity index (χ1v) is 6.96. The van der Waals surface area contributed by atoms with Gasteiger partial charge in [0.05, 0.1) is 0 Å². The van der Waals surface area contributed by atoms with Crippen molar-refractivity contribution in [2.24, 2.45) is 17.8 Å². The molecule has 0 aromatic heterocycles. The second-order valence-corrected chi connectivity index (χ2v) is 5.86. The first-order chi connectivity index (χ1) is 8.82. The molecular formula is C17H24O2. The van der Waals surface area contributed by atoms with Gasteiger partial charge in [-0.2, -0.15) is 0 Å². The Kier molecular flexibility index (Phi) is 5.46. The molecule has 2 nitrogen and oxygen atoms in total. The van der Waals surface area contributed by atoms with Gasteiger partial charge >= 0.3 is 0 Å². The number of Topliss-reactive ketones (excluding diaryl/α,β-unsaturated/α-hetero) is 2. The first kappa shape index (κ1) is 15.6. The lowest BCUT2D eigenvalue weighted by atomic mass is 9.82. The number of carbonyl (C=O) groups is 2. The normalized spacial score (nSPS) is 12.8. The summed E-state index contributed by atoms with van der Waals surface area (Å²) in [4.78, 5) is 23.4. The Balaban J connectivity index is 2.85. The minimum atomic E-state index is 0.0585. The van der Waals surface area contributed by atoms with Crippen molar-refractivity contribution in [2.75, 3.05) is 0 Å². The zero-order valence-corrected chi connectivity index (χ0v) is 12.6. The minimum Gasteiger partial charge on any atom is -0.299 e. The Morgan fingerprint density at radius 2 is 1.53 bits per heavy atom. The van der Waals surface area contributed by atoms with Crippen LogP contribution in [0.15, 0.2) is 24.3 Å². The van der Waals surface area contributed by atoms with Crippen LogP contribution in [0.1, 0.15) is 50.5 Å². The monoisotopic (exact) mass is 260 g/mol. The van der Waals surface area contributed by atoms with Crippen molar-refractivity contribution in [1.29, 1.82) is 0 Å². The van der Waals surface area contributed by atoms with E-state index in [2.05, 4.69) is 13.8 Å². The van der Waals surface area contributed by atoms with Crippen molar-refractivity contribution in [3.05, 3.63) is 35.4 Å². The van der Waals surface area contributed by atoms with E-state index in [1.807, 2.05) is 38.1 Å². The largest absolute Gasteiger partial charge is 0.299 e. The summed E-state index contributed by atoms with van der Waals surface area (Å²) in [5.41, 5.74) is 1.85. The van der Waals surface area contributed by atoms with Gasteiger partial charge in [0.2, 0.25) is 0 Å². The van der Waals surface area contributed by atoms with E-state index < -0.39 is 0 Å². The van der Waals surface area contributed by atoms with Crippen LogP contribution in [0.2, 0.25) is 0 Å². The molecule has 1 aromatic rings. The topological polar surface area (TPSA) is 34.1 Å². The molecule has 1 atom stereocenters. The van der Waals surface area contributed by atoms with Crippen LogP contribution >= 0.6 is 0 Å². The molecule has 0 saturated carbocycles. The van der Waals surface area contributed by atoms with Crippen LogP contribution in [0, 0.1) is 17.8 Å². The third kappa shape index (κ3) is 4.30. The molecule has 104 valence electrons. The lowest BCUT2D eigenvalue weighted by Gasteiger charge is -2.21. The number of hydrogen-bond donors (Lipinski definition) is 0. The average Bonchev–Trinajstić information content (AvgIpc) is 2.35. The molecule has 0 saturated heterocycles. The zero-order valence-electron chi connectivity index (χ0n) is 12.6. The molecule has 1 rings (SSSR count). The van der Waals surface area contributed by atoms with E-state index in [0.717, 1.165) is 17.5 Å². The van der Waals surface area contributed by atoms with Crippen molar-refractivity contribution < 1.29 is 9.59 Å². The number of rotatable bonds is 6. The minimum absolute atomic E-state index is 0.0585. The maximum Gasteiger partial charge on any atom is 0.159 e. The summed E-state index contributed by atoms with van der Waals surface area (Å²) in [6.07, 6.45) is 0.757. The highest BCUT2D eigenvalue weighted by Gasteiger charge is 2.24. The van der Waals surface area contributed by atoms with Gasteiger partial charge in [-0.3, -0.25) is 9.59 Å². The Bertz CT molecular complexity index is 441. The van der Waals surface area contributed by atoms with Gasteiger partial charge in [0.15, 0.2) is 5.78 Å². The van der Waals surface area contributed by atoms with Crippen LogP contribution in [-0.4, -0.2) is 11.6 Å². The van der Waals surface area contributed by atoms with Crippen molar-refractivity contribution in [3.8, 4) is 0 Å². The summed E-state index contributed by atoms with van der Waals surface area (Å²) in [6.45, 7) is 9.66. The molecule has 2 heteroatoms. The van der Waals surface area contributed by atoms with Gasteiger partial charge in [0, 0.05) is 17.4 Å². The Morgan fingerprint density at radius 1 is 1.00 bits per heavy atom. The highest BCUT2D eigenvalue weighted by atomic mass is 16.1. The summed E-state index contributed by atoms with van der Waals surface area (Å²) in [7, 11) is 0. The van der Waals surface area contributed by atoms with E-state index in [-0.39, 0.29) is 17.6 Å². The second-order valence-electron chi connectivity index (χ2n) is 5.86. The highest BCUT2D eigenvalue weighted by Crippen LogP contribution is 2.22. The van der Waals surface area contributed by atoms with Gasteiger partial charge in [0.25, 0.3) is 0 Å². The smallest absolute Gasteiger partial charge is 0.159 e. The van der Waals surface area contributed by atoms with Crippen LogP contribution in [0.4, 0.5) is 0 Å². The van der Waals surface area contributed by atoms with Gasteiger partial charge in [0.1, 0.15) is 5.78 Å². The van der Waals surface area contributed by atoms with E-state index in [4.69, 9.17) is 0 Å². The van der Waals surface area contributed by atoms with Crippen molar-refractivity contribution in [2.45, 2.75) is 41.0 Å². The zero-order chi connectivity index (χ0) is 14.6. The van der Waals surface area contributed by atoms with Gasteiger partial charge < -0.3 is 0 Å². The fraction of sp³-hybridized carbons (Fsp3) is 0.529. The summed E-state index contributed by atoms with van der Waals surface area (Å²) < 4.78 is 0. The van der Waals surface area contributed by atoms with Crippen molar-refractivity contribution in [3.63, 3.8) is 0 Å². The molecule has 0 amide bonds. The molecule has 0 spiro atoms. The van der Waals surface area contributed by atoms with Gasteiger partial charge in [-0.1, -0.05) is 52.0 Å². The van der Waals surface area contributed by atoms with Gasteiger partial charge in [-0.15, -0.1) is 0 Å². The van der Waals surface area contributed by atoms with Gasteiger partial charge in [-0.25, -0.2) is 0 Å². The average molecular weight is 260 g/mol. The Hall–Kier alpha value is -1.44. The number of carbonyl (C=O) groups excluding carboxylic acids is 2. The molecule has 0 N–H and O–H groups in total. The lowest BCUT2D eigenvalue weighted by Crippen LogP contribution is -2.26. The third-order valence-electron chi connectivity index (χ3n) is 3.56. The van der Waals surface area contributed by atoms with Crippen molar-refractivity contribution >= 4 is 11.6 Å². The van der Waals surface area contributed by atoms with E-state index in [1.165, 1.54) is 0 Å². The quantitative estimate of drug-likeness (QED) is 0.726. The van der Waals surface area contributed by atoms with Gasteiger partial charge in [-0.05, 0) is 24.8 Å².